The molecule has 0 aliphatic carbocycles. The van der Waals surface area contributed by atoms with Gasteiger partial charge in [0, 0.05) is 19.3 Å². The van der Waals surface area contributed by atoms with Crippen molar-refractivity contribution >= 4 is 11.4 Å². The minimum Gasteiger partial charge on any atom is -0.344 e. The molecular formula is C16H17F3N2. The average Bonchev–Trinajstić information content (AvgIpc) is 2.45. The van der Waals surface area contributed by atoms with Crippen LogP contribution in [0.15, 0.2) is 42.5 Å². The zero-order valence-corrected chi connectivity index (χ0v) is 11.9. The molecular weight excluding hydrogens is 277 g/mol. The maximum Gasteiger partial charge on any atom is 0.418 e. The van der Waals surface area contributed by atoms with Crippen LogP contribution in [0.25, 0.3) is 0 Å². The Morgan fingerprint density at radius 1 is 1.05 bits per heavy atom. The molecule has 0 radical (unpaired) electrons. The van der Waals surface area contributed by atoms with E-state index in [0.29, 0.717) is 5.56 Å². The van der Waals surface area contributed by atoms with Gasteiger partial charge in [-0.15, -0.1) is 0 Å². The van der Waals surface area contributed by atoms with Crippen LogP contribution in [0.5, 0.6) is 0 Å². The zero-order chi connectivity index (χ0) is 15.6. The number of hydrogen-bond donors (Lipinski definition) is 1. The Morgan fingerprint density at radius 2 is 1.71 bits per heavy atom. The molecule has 0 amide bonds. The summed E-state index contributed by atoms with van der Waals surface area (Å²) in [5.41, 5.74) is 7.01. The lowest BCUT2D eigenvalue weighted by atomic mass is 10.1. The Balaban J connectivity index is 2.56. The lowest BCUT2D eigenvalue weighted by Gasteiger charge is -2.25. The van der Waals surface area contributed by atoms with Gasteiger partial charge in [0.2, 0.25) is 0 Å². The Morgan fingerprint density at radius 3 is 2.29 bits per heavy atom. The first-order valence-corrected chi connectivity index (χ1v) is 6.54. The third-order valence-corrected chi connectivity index (χ3v) is 3.44. The van der Waals surface area contributed by atoms with Gasteiger partial charge in [-0.05, 0) is 36.2 Å². The van der Waals surface area contributed by atoms with E-state index < -0.39 is 11.7 Å². The number of benzene rings is 2. The smallest absolute Gasteiger partial charge is 0.344 e. The molecule has 5 heteroatoms. The molecule has 0 fully saturated rings. The van der Waals surface area contributed by atoms with E-state index in [9.17, 15) is 13.2 Å². The molecule has 112 valence electrons. The Kier molecular flexibility index (Phi) is 4.23. The molecule has 0 aliphatic rings. The van der Waals surface area contributed by atoms with E-state index in [1.165, 1.54) is 6.07 Å². The fourth-order valence-corrected chi connectivity index (χ4v) is 2.30. The predicted octanol–water partition coefficient (Wildman–Crippen LogP) is 4.24. The van der Waals surface area contributed by atoms with Gasteiger partial charge in [-0.25, -0.2) is 0 Å². The van der Waals surface area contributed by atoms with Crippen LogP contribution in [0.3, 0.4) is 0 Å². The van der Waals surface area contributed by atoms with Crippen LogP contribution in [-0.2, 0) is 12.7 Å². The standard InChI is InChI=1S/C16H17F3N2/c1-11-5-3-4-6-14(11)21(2)15-8-7-12(10-20)9-13(15)16(17,18)19/h3-9H,10,20H2,1-2H3. The second-order valence-electron chi connectivity index (χ2n) is 4.90. The van der Waals surface area contributed by atoms with Crippen LogP contribution in [0.2, 0.25) is 0 Å². The maximum absolute atomic E-state index is 13.3. The molecule has 0 saturated carbocycles. The Hall–Kier alpha value is -2.01. The topological polar surface area (TPSA) is 29.3 Å². The Bertz CT molecular complexity index is 636. The van der Waals surface area contributed by atoms with Gasteiger partial charge in [-0.2, -0.15) is 13.2 Å². The van der Waals surface area contributed by atoms with Crippen LogP contribution in [0.1, 0.15) is 16.7 Å². The lowest BCUT2D eigenvalue weighted by molar-refractivity contribution is -0.137. The van der Waals surface area contributed by atoms with Gasteiger partial charge in [-0.3, -0.25) is 0 Å². The minimum atomic E-state index is -4.42. The summed E-state index contributed by atoms with van der Waals surface area (Å²) in [4.78, 5) is 1.55. The van der Waals surface area contributed by atoms with Crippen molar-refractivity contribution in [3.05, 3.63) is 59.2 Å². The highest BCUT2D eigenvalue weighted by Crippen LogP contribution is 2.39. The lowest BCUT2D eigenvalue weighted by Crippen LogP contribution is -2.18. The van der Waals surface area contributed by atoms with E-state index >= 15 is 0 Å². The van der Waals surface area contributed by atoms with Crippen LogP contribution in [0, 0.1) is 6.92 Å². The van der Waals surface area contributed by atoms with E-state index in [0.717, 1.165) is 17.3 Å². The van der Waals surface area contributed by atoms with Crippen LogP contribution >= 0.6 is 0 Å². The molecule has 0 bridgehead atoms. The number of para-hydroxylation sites is 1. The van der Waals surface area contributed by atoms with E-state index in [4.69, 9.17) is 5.73 Å². The van der Waals surface area contributed by atoms with Gasteiger partial charge >= 0.3 is 6.18 Å². The highest BCUT2D eigenvalue weighted by Gasteiger charge is 2.35. The largest absolute Gasteiger partial charge is 0.418 e. The summed E-state index contributed by atoms with van der Waals surface area (Å²) >= 11 is 0. The number of alkyl halides is 3. The molecule has 2 aromatic rings. The molecule has 0 unspecified atom stereocenters. The second kappa shape index (κ2) is 5.77. The van der Waals surface area contributed by atoms with Gasteiger partial charge in [0.25, 0.3) is 0 Å². The van der Waals surface area contributed by atoms with E-state index in [1.807, 2.05) is 19.1 Å². The summed E-state index contributed by atoms with van der Waals surface area (Å²) in [5.74, 6) is 0. The molecule has 2 rings (SSSR count). The molecule has 0 spiro atoms. The monoisotopic (exact) mass is 294 g/mol. The third kappa shape index (κ3) is 3.19. The molecule has 2 N–H and O–H groups in total. The number of nitrogens with zero attached hydrogens (tertiary/aromatic N) is 1. The first-order valence-electron chi connectivity index (χ1n) is 6.54. The van der Waals surface area contributed by atoms with Gasteiger partial charge in [0.15, 0.2) is 0 Å². The highest BCUT2D eigenvalue weighted by atomic mass is 19.4. The average molecular weight is 294 g/mol. The summed E-state index contributed by atoms with van der Waals surface area (Å²) in [5, 5.41) is 0. The number of aryl methyl sites for hydroxylation is 1. The van der Waals surface area contributed by atoms with E-state index in [-0.39, 0.29) is 12.2 Å². The van der Waals surface area contributed by atoms with Gasteiger partial charge < -0.3 is 10.6 Å². The number of nitrogens with two attached hydrogens (primary N) is 1. The maximum atomic E-state index is 13.3. The predicted molar refractivity (Wildman–Crippen MR) is 78.6 cm³/mol. The van der Waals surface area contributed by atoms with Crippen molar-refractivity contribution in [2.24, 2.45) is 5.73 Å². The second-order valence-corrected chi connectivity index (χ2v) is 4.90. The molecule has 21 heavy (non-hydrogen) atoms. The van der Waals surface area contributed by atoms with Crippen molar-refractivity contribution in [2.75, 3.05) is 11.9 Å². The van der Waals surface area contributed by atoms with Crippen LogP contribution in [0.4, 0.5) is 24.5 Å². The number of halogens is 3. The van der Waals surface area contributed by atoms with Crippen molar-refractivity contribution in [1.82, 2.24) is 0 Å². The molecule has 0 heterocycles. The fraction of sp³-hybridized carbons (Fsp3) is 0.250. The summed E-state index contributed by atoms with van der Waals surface area (Å²) in [7, 11) is 1.63. The number of anilines is 2. The summed E-state index contributed by atoms with van der Waals surface area (Å²) in [6.45, 7) is 1.95. The quantitative estimate of drug-likeness (QED) is 0.917. The first kappa shape index (κ1) is 15.4. The molecule has 0 saturated heterocycles. The van der Waals surface area contributed by atoms with Crippen molar-refractivity contribution in [1.29, 1.82) is 0 Å². The van der Waals surface area contributed by atoms with E-state index in [1.54, 1.807) is 30.1 Å². The number of hydrogen-bond acceptors (Lipinski definition) is 2. The van der Waals surface area contributed by atoms with Crippen LogP contribution < -0.4 is 10.6 Å². The van der Waals surface area contributed by atoms with Gasteiger partial charge in [0.1, 0.15) is 0 Å². The van der Waals surface area contributed by atoms with Crippen molar-refractivity contribution in [3.63, 3.8) is 0 Å². The molecule has 0 aromatic heterocycles. The van der Waals surface area contributed by atoms with Crippen molar-refractivity contribution < 1.29 is 13.2 Å². The highest BCUT2D eigenvalue weighted by molar-refractivity contribution is 5.69. The van der Waals surface area contributed by atoms with Gasteiger partial charge in [0.05, 0.1) is 11.3 Å². The number of rotatable bonds is 3. The van der Waals surface area contributed by atoms with E-state index in [2.05, 4.69) is 0 Å². The first-order chi connectivity index (χ1) is 9.84. The molecule has 2 aromatic carbocycles. The SMILES string of the molecule is Cc1ccccc1N(C)c1ccc(CN)cc1C(F)(F)F. The fourth-order valence-electron chi connectivity index (χ4n) is 2.30. The Labute approximate surface area is 122 Å². The van der Waals surface area contributed by atoms with Crippen LogP contribution in [-0.4, -0.2) is 7.05 Å². The van der Waals surface area contributed by atoms with Gasteiger partial charge in [-0.1, -0.05) is 24.3 Å². The molecule has 2 nitrogen and oxygen atoms in total. The summed E-state index contributed by atoms with van der Waals surface area (Å²) in [6, 6.07) is 11.5. The minimum absolute atomic E-state index is 0.0808. The summed E-state index contributed by atoms with van der Waals surface area (Å²) in [6.07, 6.45) is -4.42. The molecule has 0 aliphatic heterocycles. The third-order valence-electron chi connectivity index (χ3n) is 3.44. The summed E-state index contributed by atoms with van der Waals surface area (Å²) < 4.78 is 39.8. The normalized spacial score (nSPS) is 11.5. The van der Waals surface area contributed by atoms with Crippen molar-refractivity contribution in [2.45, 2.75) is 19.6 Å². The molecule has 0 atom stereocenters. The zero-order valence-electron chi connectivity index (χ0n) is 11.9. The van der Waals surface area contributed by atoms with Crippen molar-refractivity contribution in [3.8, 4) is 0 Å².